The molecule has 4 aromatic rings. The van der Waals surface area contributed by atoms with Gasteiger partial charge in [-0.15, -0.1) is 0 Å². The molecule has 34 heavy (non-hydrogen) atoms. The topological polar surface area (TPSA) is 78.4 Å². The Bertz CT molecular complexity index is 1410. The molecule has 0 aliphatic rings. The molecular formula is C25H18ClF3N2O3. The van der Waals surface area contributed by atoms with Gasteiger partial charge in [0.15, 0.2) is 23.2 Å². The van der Waals surface area contributed by atoms with Crippen LogP contribution in [-0.4, -0.2) is 5.11 Å². The molecule has 0 saturated heterocycles. The molecule has 5 nitrogen and oxygen atoms in total. The van der Waals surface area contributed by atoms with E-state index in [0.29, 0.717) is 16.3 Å². The molecule has 0 radical (unpaired) electrons. The largest absolute Gasteiger partial charge is 0.502 e. The molecule has 0 aliphatic heterocycles. The summed E-state index contributed by atoms with van der Waals surface area (Å²) in [5, 5.41) is 16.2. The minimum absolute atomic E-state index is 0.191. The average Bonchev–Trinajstić information content (AvgIpc) is 2.84. The van der Waals surface area contributed by atoms with Crippen LogP contribution in [0, 0.1) is 17.5 Å². The van der Waals surface area contributed by atoms with Crippen molar-refractivity contribution < 1.29 is 18.3 Å². The SMILES string of the molecule is C[C@@H](NC(c1ccc(Cl)cc1)c1cccc(Nc2c(O)c(=O)c2=O)c1)c1cc(F)c(F)c(F)c1. The summed E-state index contributed by atoms with van der Waals surface area (Å²) in [6.07, 6.45) is 0. The standard InChI is InChI=1S/C25H18ClF3N2O3/c1-12(15-10-18(27)20(29)19(28)11-15)30-21(13-5-7-16(26)8-6-13)14-3-2-4-17(9-14)31-22-23(32)25(34)24(22)33/h2-12,21,30-32H,1H3/t12-,21?/m1/s1. The number of aromatic hydroxyl groups is 1. The summed E-state index contributed by atoms with van der Waals surface area (Å²) in [4.78, 5) is 23.0. The van der Waals surface area contributed by atoms with E-state index >= 15 is 0 Å². The highest BCUT2D eigenvalue weighted by Crippen LogP contribution is 2.31. The van der Waals surface area contributed by atoms with Crippen LogP contribution in [0.1, 0.15) is 35.7 Å². The molecule has 0 aromatic heterocycles. The molecule has 0 aliphatic carbocycles. The molecule has 0 spiro atoms. The van der Waals surface area contributed by atoms with Gasteiger partial charge in [0.05, 0.1) is 6.04 Å². The second-order valence-electron chi connectivity index (χ2n) is 7.80. The fraction of sp³-hybridized carbons (Fsp3) is 0.120. The number of benzene rings is 3. The molecule has 0 heterocycles. The Hall–Kier alpha value is -3.62. The second-order valence-corrected chi connectivity index (χ2v) is 8.24. The van der Waals surface area contributed by atoms with Crippen molar-refractivity contribution >= 4 is 23.0 Å². The van der Waals surface area contributed by atoms with Gasteiger partial charge in [-0.2, -0.15) is 0 Å². The first-order valence-corrected chi connectivity index (χ1v) is 10.6. The van der Waals surface area contributed by atoms with Gasteiger partial charge in [-0.25, -0.2) is 13.2 Å². The highest BCUT2D eigenvalue weighted by molar-refractivity contribution is 6.30. The number of rotatable bonds is 7. The molecule has 1 unspecified atom stereocenters. The quantitative estimate of drug-likeness (QED) is 0.246. The Morgan fingerprint density at radius 3 is 2.12 bits per heavy atom. The normalized spacial score (nSPS) is 13.1. The minimum Gasteiger partial charge on any atom is -0.502 e. The maximum atomic E-state index is 13.8. The van der Waals surface area contributed by atoms with Crippen molar-refractivity contribution in [1.82, 2.24) is 5.32 Å². The zero-order valence-electron chi connectivity index (χ0n) is 17.7. The number of halogens is 4. The Morgan fingerprint density at radius 2 is 1.50 bits per heavy atom. The van der Waals surface area contributed by atoms with Crippen LogP contribution < -0.4 is 21.5 Å². The number of nitrogens with one attached hydrogen (secondary N) is 2. The number of anilines is 2. The van der Waals surface area contributed by atoms with Crippen molar-refractivity contribution in [3.8, 4) is 5.75 Å². The third-order valence-electron chi connectivity index (χ3n) is 5.50. The number of hydrogen-bond acceptors (Lipinski definition) is 5. The average molecular weight is 487 g/mol. The molecule has 0 bridgehead atoms. The summed E-state index contributed by atoms with van der Waals surface area (Å²) in [5.74, 6) is -4.74. The predicted octanol–water partition coefficient (Wildman–Crippen LogP) is 5.24. The van der Waals surface area contributed by atoms with Gasteiger partial charge in [-0.3, -0.25) is 14.9 Å². The molecule has 9 heteroatoms. The van der Waals surface area contributed by atoms with Gasteiger partial charge in [-0.1, -0.05) is 35.9 Å². The van der Waals surface area contributed by atoms with Gasteiger partial charge in [-0.05, 0) is 60.0 Å². The molecule has 174 valence electrons. The summed E-state index contributed by atoms with van der Waals surface area (Å²) in [6.45, 7) is 1.68. The van der Waals surface area contributed by atoms with Crippen LogP contribution in [0.3, 0.4) is 0 Å². The lowest BCUT2D eigenvalue weighted by Gasteiger charge is -2.25. The van der Waals surface area contributed by atoms with E-state index in [2.05, 4.69) is 10.6 Å². The summed E-state index contributed by atoms with van der Waals surface area (Å²) < 4.78 is 41.0. The Kier molecular flexibility index (Phi) is 6.45. The minimum atomic E-state index is -1.54. The van der Waals surface area contributed by atoms with Crippen LogP contribution in [0.5, 0.6) is 5.75 Å². The maximum absolute atomic E-state index is 13.8. The Morgan fingerprint density at radius 1 is 0.853 bits per heavy atom. The van der Waals surface area contributed by atoms with Crippen LogP contribution >= 0.6 is 11.6 Å². The van der Waals surface area contributed by atoms with Crippen molar-refractivity contribution in [2.45, 2.75) is 19.0 Å². The summed E-state index contributed by atoms with van der Waals surface area (Å²) in [7, 11) is 0. The van der Waals surface area contributed by atoms with Crippen molar-refractivity contribution in [2.24, 2.45) is 0 Å². The van der Waals surface area contributed by atoms with Crippen molar-refractivity contribution in [2.75, 3.05) is 5.32 Å². The van der Waals surface area contributed by atoms with Gasteiger partial charge in [0.1, 0.15) is 5.69 Å². The first kappa shape index (κ1) is 23.5. The maximum Gasteiger partial charge on any atom is 0.271 e. The van der Waals surface area contributed by atoms with E-state index in [1.54, 1.807) is 55.5 Å². The predicted molar refractivity (Wildman–Crippen MR) is 124 cm³/mol. The van der Waals surface area contributed by atoms with E-state index in [0.717, 1.165) is 17.7 Å². The lowest BCUT2D eigenvalue weighted by atomic mass is 9.96. The van der Waals surface area contributed by atoms with Gasteiger partial charge in [0.2, 0.25) is 0 Å². The van der Waals surface area contributed by atoms with Crippen LogP contribution in [0.2, 0.25) is 5.02 Å². The lowest BCUT2D eigenvalue weighted by Crippen LogP contribution is -2.32. The first-order valence-electron chi connectivity index (χ1n) is 10.2. The molecule has 0 amide bonds. The highest BCUT2D eigenvalue weighted by atomic mass is 35.5. The summed E-state index contributed by atoms with van der Waals surface area (Å²) >= 11 is 6.02. The van der Waals surface area contributed by atoms with Gasteiger partial charge in [0.25, 0.3) is 10.9 Å². The molecule has 2 atom stereocenters. The van der Waals surface area contributed by atoms with E-state index in [-0.39, 0.29) is 11.3 Å². The van der Waals surface area contributed by atoms with E-state index in [9.17, 15) is 27.9 Å². The third kappa shape index (κ3) is 4.55. The summed E-state index contributed by atoms with van der Waals surface area (Å²) in [6, 6.07) is 14.5. The van der Waals surface area contributed by atoms with Crippen LogP contribution in [0.15, 0.2) is 70.3 Å². The van der Waals surface area contributed by atoms with Gasteiger partial charge in [0, 0.05) is 16.8 Å². The molecular weight excluding hydrogens is 469 g/mol. The van der Waals surface area contributed by atoms with Crippen molar-refractivity contribution in [3.63, 3.8) is 0 Å². The van der Waals surface area contributed by atoms with E-state index < -0.39 is 46.1 Å². The van der Waals surface area contributed by atoms with Gasteiger partial charge < -0.3 is 10.4 Å². The Balaban J connectivity index is 1.69. The molecule has 3 N–H and O–H groups in total. The van der Waals surface area contributed by atoms with Crippen LogP contribution in [0.25, 0.3) is 0 Å². The van der Waals surface area contributed by atoms with E-state index in [1.807, 2.05) is 0 Å². The zero-order valence-corrected chi connectivity index (χ0v) is 18.5. The number of hydrogen-bond donors (Lipinski definition) is 3. The lowest BCUT2D eigenvalue weighted by molar-refractivity contribution is 0.438. The van der Waals surface area contributed by atoms with Crippen LogP contribution in [0.4, 0.5) is 24.5 Å². The van der Waals surface area contributed by atoms with E-state index in [1.165, 1.54) is 0 Å². The van der Waals surface area contributed by atoms with Gasteiger partial charge >= 0.3 is 0 Å². The third-order valence-corrected chi connectivity index (χ3v) is 5.75. The smallest absolute Gasteiger partial charge is 0.271 e. The second kappa shape index (κ2) is 9.32. The molecule has 0 saturated carbocycles. The molecule has 4 aromatic carbocycles. The zero-order chi connectivity index (χ0) is 24.6. The Labute approximate surface area is 197 Å². The van der Waals surface area contributed by atoms with Crippen molar-refractivity contribution in [1.29, 1.82) is 0 Å². The molecule has 4 rings (SSSR count). The van der Waals surface area contributed by atoms with Crippen molar-refractivity contribution in [3.05, 3.63) is 120 Å². The fourth-order valence-corrected chi connectivity index (χ4v) is 3.77. The first-order chi connectivity index (χ1) is 16.2. The molecule has 0 fully saturated rings. The highest BCUT2D eigenvalue weighted by Gasteiger charge is 2.22. The summed E-state index contributed by atoms with van der Waals surface area (Å²) in [5.41, 5.74) is 0.152. The van der Waals surface area contributed by atoms with Crippen LogP contribution in [-0.2, 0) is 0 Å². The monoisotopic (exact) mass is 486 g/mol. The van der Waals surface area contributed by atoms with E-state index in [4.69, 9.17) is 11.6 Å². The fourth-order valence-electron chi connectivity index (χ4n) is 3.65.